The Balaban J connectivity index is 1.62. The van der Waals surface area contributed by atoms with E-state index in [0.29, 0.717) is 17.8 Å². The van der Waals surface area contributed by atoms with Gasteiger partial charge in [-0.25, -0.2) is 9.78 Å². The minimum absolute atomic E-state index is 0.0249. The maximum Gasteiger partial charge on any atom is 0.326 e. The van der Waals surface area contributed by atoms with Crippen LogP contribution in [-0.4, -0.2) is 56.7 Å². The Morgan fingerprint density at radius 2 is 1.91 bits per heavy atom. The highest BCUT2D eigenvalue weighted by Crippen LogP contribution is 2.13. The van der Waals surface area contributed by atoms with Gasteiger partial charge in [0, 0.05) is 24.0 Å². The molecule has 2 heterocycles. The number of aliphatic carboxylic acids is 1. The van der Waals surface area contributed by atoms with Gasteiger partial charge >= 0.3 is 5.97 Å². The van der Waals surface area contributed by atoms with Gasteiger partial charge in [0.25, 0.3) is 21.6 Å². The fourth-order valence-electron chi connectivity index (χ4n) is 2.89. The molecule has 1 aromatic carbocycles. The summed E-state index contributed by atoms with van der Waals surface area (Å²) in [4.78, 5) is 46.0. The summed E-state index contributed by atoms with van der Waals surface area (Å²) in [6, 6.07) is 6.23. The highest BCUT2D eigenvalue weighted by molar-refractivity contribution is 7.85. The monoisotopic (exact) mass is 476 g/mol. The molecule has 2 aromatic heterocycles. The first-order valence-electron chi connectivity index (χ1n) is 9.49. The van der Waals surface area contributed by atoms with Crippen LogP contribution in [-0.2, 0) is 21.5 Å². The molecule has 1 amide bonds. The Hall–Kier alpha value is -4.04. The number of hydrogen-bond donors (Lipinski definition) is 6. The third-order valence-corrected chi connectivity index (χ3v) is 5.30. The van der Waals surface area contributed by atoms with E-state index in [1.807, 2.05) is 0 Å². The normalized spacial score (nSPS) is 12.3. The molecule has 7 N–H and O–H groups in total. The number of nitrogens with zero attached hydrogens (tertiary/aromatic N) is 2. The molecule has 0 aliphatic heterocycles. The molecule has 0 unspecified atom stereocenters. The number of pyridine rings is 1. The van der Waals surface area contributed by atoms with E-state index in [2.05, 4.69) is 25.6 Å². The van der Waals surface area contributed by atoms with Crippen molar-refractivity contribution in [2.45, 2.75) is 19.0 Å². The number of H-pyrrole nitrogens is 1. The van der Waals surface area contributed by atoms with Crippen molar-refractivity contribution in [2.24, 2.45) is 0 Å². The lowest BCUT2D eigenvalue weighted by molar-refractivity contribution is -0.139. The van der Waals surface area contributed by atoms with E-state index in [1.54, 1.807) is 24.4 Å². The number of fused-ring (bicyclic) bond motifs is 1. The third-order valence-electron chi connectivity index (χ3n) is 4.55. The predicted octanol–water partition coefficient (Wildman–Crippen LogP) is -0.0267. The van der Waals surface area contributed by atoms with Gasteiger partial charge in [-0.2, -0.15) is 13.4 Å². The number of carboxylic acids is 1. The van der Waals surface area contributed by atoms with Gasteiger partial charge in [0.05, 0.1) is 11.1 Å². The van der Waals surface area contributed by atoms with Gasteiger partial charge < -0.3 is 21.5 Å². The van der Waals surface area contributed by atoms with E-state index >= 15 is 0 Å². The minimum atomic E-state index is -4.36. The van der Waals surface area contributed by atoms with Crippen molar-refractivity contribution in [3.05, 3.63) is 58.0 Å². The molecule has 0 saturated heterocycles. The van der Waals surface area contributed by atoms with Crippen LogP contribution < -0.4 is 21.9 Å². The Morgan fingerprint density at radius 3 is 2.55 bits per heavy atom. The SMILES string of the molecule is Nc1nc2ncc(CNc3ccc(C(=O)N[C@@H](CCS(=O)(=O)O)C(=O)O)cc3)cc2c(=O)[nH]1. The Morgan fingerprint density at radius 1 is 1.21 bits per heavy atom. The number of carboxylic acid groups (broad SMARTS) is 1. The maximum absolute atomic E-state index is 12.3. The van der Waals surface area contributed by atoms with E-state index in [0.717, 1.165) is 0 Å². The van der Waals surface area contributed by atoms with Gasteiger partial charge in [-0.15, -0.1) is 0 Å². The van der Waals surface area contributed by atoms with Gasteiger partial charge in [0.1, 0.15) is 6.04 Å². The third kappa shape index (κ3) is 6.47. The zero-order valence-electron chi connectivity index (χ0n) is 17.0. The van der Waals surface area contributed by atoms with Gasteiger partial charge in [-0.3, -0.25) is 19.1 Å². The summed E-state index contributed by atoms with van der Waals surface area (Å²) in [5, 5.41) is 14.8. The largest absolute Gasteiger partial charge is 0.480 e. The molecule has 14 heteroatoms. The number of anilines is 2. The van der Waals surface area contributed by atoms with Crippen LogP contribution in [0.5, 0.6) is 0 Å². The second-order valence-electron chi connectivity index (χ2n) is 7.04. The van der Waals surface area contributed by atoms with Crippen LogP contribution in [0.3, 0.4) is 0 Å². The summed E-state index contributed by atoms with van der Waals surface area (Å²) in [6.45, 7) is 0.315. The number of nitrogen functional groups attached to an aromatic ring is 1. The highest BCUT2D eigenvalue weighted by Gasteiger charge is 2.22. The van der Waals surface area contributed by atoms with Gasteiger partial charge in [-0.05, 0) is 42.3 Å². The molecule has 33 heavy (non-hydrogen) atoms. The van der Waals surface area contributed by atoms with Crippen LogP contribution in [0.25, 0.3) is 11.0 Å². The summed E-state index contributed by atoms with van der Waals surface area (Å²) in [7, 11) is -4.36. The molecular formula is C19H20N6O7S. The van der Waals surface area contributed by atoms with Crippen LogP contribution in [0.4, 0.5) is 11.6 Å². The number of benzene rings is 1. The molecule has 3 rings (SSSR count). The predicted molar refractivity (Wildman–Crippen MR) is 118 cm³/mol. The number of hydrogen-bond acceptors (Lipinski definition) is 9. The van der Waals surface area contributed by atoms with E-state index in [1.165, 1.54) is 12.1 Å². The maximum atomic E-state index is 12.3. The molecule has 0 aliphatic rings. The van der Waals surface area contributed by atoms with Crippen molar-refractivity contribution in [1.29, 1.82) is 0 Å². The molecule has 0 bridgehead atoms. The number of carbonyl (C=O) groups is 2. The Kier molecular flexibility index (Phi) is 6.89. The quantitative estimate of drug-likeness (QED) is 0.225. The first-order valence-corrected chi connectivity index (χ1v) is 11.1. The van der Waals surface area contributed by atoms with Gasteiger partial charge in [0.2, 0.25) is 5.95 Å². The lowest BCUT2D eigenvalue weighted by atomic mass is 10.1. The molecule has 13 nitrogen and oxygen atoms in total. The molecule has 0 fully saturated rings. The number of aromatic amines is 1. The molecule has 1 atom stereocenters. The number of aromatic nitrogens is 3. The van der Waals surface area contributed by atoms with E-state index in [9.17, 15) is 22.8 Å². The van der Waals surface area contributed by atoms with Gasteiger partial charge in [-0.1, -0.05) is 0 Å². The number of nitrogens with two attached hydrogens (primary N) is 1. The number of nitrogens with one attached hydrogen (secondary N) is 3. The first-order chi connectivity index (χ1) is 15.5. The Bertz CT molecular complexity index is 1360. The average Bonchev–Trinajstić information content (AvgIpc) is 2.74. The molecule has 174 valence electrons. The lowest BCUT2D eigenvalue weighted by Crippen LogP contribution is -2.41. The number of amides is 1. The van der Waals surface area contributed by atoms with Crippen molar-refractivity contribution in [1.82, 2.24) is 20.3 Å². The molecule has 3 aromatic rings. The standard InChI is InChI=1S/C19H20N6O7S/c20-19-24-15-13(17(27)25-19)7-10(9-22-15)8-21-12-3-1-11(2-4-12)16(26)23-14(18(28)29)5-6-33(30,31)32/h1-4,7,9,14,21H,5-6,8H2,(H,23,26)(H,28,29)(H,30,31,32)(H3,20,22,24,25,27)/t14-/m0/s1. The lowest BCUT2D eigenvalue weighted by Gasteiger charge is -2.14. The number of rotatable bonds is 9. The molecule has 0 spiro atoms. The van der Waals surface area contributed by atoms with E-state index < -0.39 is 45.8 Å². The zero-order valence-corrected chi connectivity index (χ0v) is 17.8. The van der Waals surface area contributed by atoms with Crippen LogP contribution in [0.2, 0.25) is 0 Å². The zero-order chi connectivity index (χ0) is 24.2. The van der Waals surface area contributed by atoms with Crippen LogP contribution >= 0.6 is 0 Å². The van der Waals surface area contributed by atoms with Crippen molar-refractivity contribution in [3.63, 3.8) is 0 Å². The van der Waals surface area contributed by atoms with E-state index in [4.69, 9.17) is 15.4 Å². The molecule has 0 radical (unpaired) electrons. The molecule has 0 aliphatic carbocycles. The van der Waals surface area contributed by atoms with Crippen molar-refractivity contribution >= 4 is 44.7 Å². The van der Waals surface area contributed by atoms with E-state index in [-0.39, 0.29) is 22.5 Å². The van der Waals surface area contributed by atoms with Crippen LogP contribution in [0, 0.1) is 0 Å². The Labute approximate surface area is 186 Å². The van der Waals surface area contributed by atoms with Crippen LogP contribution in [0.1, 0.15) is 22.3 Å². The summed E-state index contributed by atoms with van der Waals surface area (Å²) < 4.78 is 30.4. The van der Waals surface area contributed by atoms with Crippen molar-refractivity contribution < 1.29 is 27.7 Å². The minimum Gasteiger partial charge on any atom is -0.480 e. The second kappa shape index (κ2) is 9.62. The molecule has 0 saturated carbocycles. The van der Waals surface area contributed by atoms with Crippen molar-refractivity contribution in [2.75, 3.05) is 16.8 Å². The average molecular weight is 476 g/mol. The molecular weight excluding hydrogens is 456 g/mol. The summed E-state index contributed by atoms with van der Waals surface area (Å²) in [5.41, 5.74) is 6.81. The van der Waals surface area contributed by atoms with Crippen molar-refractivity contribution in [3.8, 4) is 0 Å². The summed E-state index contributed by atoms with van der Waals surface area (Å²) >= 11 is 0. The van der Waals surface area contributed by atoms with Crippen LogP contribution in [0.15, 0.2) is 41.3 Å². The van der Waals surface area contributed by atoms with Gasteiger partial charge in [0.15, 0.2) is 5.65 Å². The first kappa shape index (κ1) is 23.6. The fourth-order valence-corrected chi connectivity index (χ4v) is 3.42. The number of carbonyl (C=O) groups excluding carboxylic acids is 1. The fraction of sp³-hybridized carbons (Fsp3) is 0.211. The topological polar surface area (TPSA) is 217 Å². The highest BCUT2D eigenvalue weighted by atomic mass is 32.2. The second-order valence-corrected chi connectivity index (χ2v) is 8.61. The smallest absolute Gasteiger partial charge is 0.326 e. The summed E-state index contributed by atoms with van der Waals surface area (Å²) in [5.74, 6) is -2.96. The summed E-state index contributed by atoms with van der Waals surface area (Å²) in [6.07, 6.45) is 1.06.